The van der Waals surface area contributed by atoms with Gasteiger partial charge >= 0.3 is 0 Å². The number of rotatable bonds is 5. The minimum absolute atomic E-state index is 0. The summed E-state index contributed by atoms with van der Waals surface area (Å²) in [6, 6.07) is 3.61. The van der Waals surface area contributed by atoms with Crippen molar-refractivity contribution in [2.24, 2.45) is 10.4 Å². The lowest BCUT2D eigenvalue weighted by Crippen LogP contribution is -2.44. The molecule has 1 aliphatic rings. The van der Waals surface area contributed by atoms with E-state index in [-0.39, 0.29) is 36.4 Å². The van der Waals surface area contributed by atoms with Crippen LogP contribution in [0.1, 0.15) is 33.1 Å². The van der Waals surface area contributed by atoms with Crippen LogP contribution in [0.5, 0.6) is 0 Å². The fraction of sp³-hybridized carbons (Fsp3) is 0.588. The van der Waals surface area contributed by atoms with E-state index in [1.165, 1.54) is 19.3 Å². The van der Waals surface area contributed by atoms with Crippen molar-refractivity contribution in [3.05, 3.63) is 24.5 Å². The first kappa shape index (κ1) is 20.7. The number of carbonyl (C=O) groups is 1. The highest BCUT2D eigenvalue weighted by atomic mass is 127. The highest BCUT2D eigenvalue weighted by Gasteiger charge is 2.36. The normalized spacial score (nSPS) is 16.5. The van der Waals surface area contributed by atoms with Crippen LogP contribution in [0.25, 0.3) is 0 Å². The Labute approximate surface area is 161 Å². The van der Waals surface area contributed by atoms with E-state index in [2.05, 4.69) is 39.4 Å². The van der Waals surface area contributed by atoms with Gasteiger partial charge in [-0.15, -0.1) is 24.0 Å². The highest BCUT2D eigenvalue weighted by Crippen LogP contribution is 2.36. The predicted octanol–water partition coefficient (Wildman–Crippen LogP) is 2.73. The molecule has 1 fully saturated rings. The Balaban J connectivity index is 0.00000288. The van der Waals surface area contributed by atoms with Gasteiger partial charge in [0, 0.05) is 26.3 Å². The smallest absolute Gasteiger partial charge is 0.243 e. The average molecular weight is 445 g/mol. The zero-order valence-electron chi connectivity index (χ0n) is 14.7. The largest absolute Gasteiger partial charge is 0.347 e. The molecule has 2 heterocycles. The Bertz CT molecular complexity index is 545. The molecule has 0 radical (unpaired) electrons. The van der Waals surface area contributed by atoms with E-state index in [4.69, 9.17) is 0 Å². The maximum absolute atomic E-state index is 12.0. The van der Waals surface area contributed by atoms with Gasteiger partial charge in [-0.25, -0.2) is 0 Å². The second-order valence-corrected chi connectivity index (χ2v) is 6.07. The van der Waals surface area contributed by atoms with Crippen LogP contribution in [0.4, 0.5) is 5.69 Å². The molecule has 24 heavy (non-hydrogen) atoms. The number of aliphatic imine (C=N–C) groups is 1. The van der Waals surface area contributed by atoms with E-state index in [0.717, 1.165) is 19.0 Å². The molecule has 0 unspecified atom stereocenters. The van der Waals surface area contributed by atoms with Crippen molar-refractivity contribution in [2.75, 3.05) is 32.0 Å². The number of likely N-dealkylation sites (tertiary alicyclic amines) is 1. The van der Waals surface area contributed by atoms with Crippen LogP contribution >= 0.6 is 24.0 Å². The lowest BCUT2D eigenvalue weighted by molar-refractivity contribution is -0.115. The summed E-state index contributed by atoms with van der Waals surface area (Å²) in [4.78, 5) is 22.6. The molecule has 0 bridgehead atoms. The van der Waals surface area contributed by atoms with Gasteiger partial charge in [-0.05, 0) is 36.8 Å². The summed E-state index contributed by atoms with van der Waals surface area (Å²) in [6.45, 7) is 6.70. The second kappa shape index (κ2) is 9.80. The van der Waals surface area contributed by atoms with Gasteiger partial charge in [-0.1, -0.05) is 13.8 Å². The van der Waals surface area contributed by atoms with Gasteiger partial charge < -0.3 is 15.5 Å². The first-order valence-corrected chi connectivity index (χ1v) is 8.28. The molecule has 7 heteroatoms. The zero-order chi connectivity index (χ0) is 16.7. The number of guanidine groups is 1. The van der Waals surface area contributed by atoms with Crippen LogP contribution in [0.15, 0.2) is 29.5 Å². The molecule has 2 N–H and O–H groups in total. The third-order valence-electron chi connectivity index (χ3n) is 4.80. The molecule has 0 aromatic carbocycles. The van der Waals surface area contributed by atoms with Gasteiger partial charge in [0.2, 0.25) is 5.91 Å². The van der Waals surface area contributed by atoms with Crippen LogP contribution in [0.2, 0.25) is 0 Å². The number of hydrogen-bond donors (Lipinski definition) is 2. The summed E-state index contributed by atoms with van der Waals surface area (Å²) in [7, 11) is 1.76. The Kier molecular flexibility index (Phi) is 8.44. The molecule has 1 saturated heterocycles. The van der Waals surface area contributed by atoms with Gasteiger partial charge in [-0.2, -0.15) is 0 Å². The van der Waals surface area contributed by atoms with Gasteiger partial charge in [0.25, 0.3) is 0 Å². The van der Waals surface area contributed by atoms with Gasteiger partial charge in [0.1, 0.15) is 0 Å². The Morgan fingerprint density at radius 2 is 2.17 bits per heavy atom. The minimum atomic E-state index is -0.101. The molecular weight excluding hydrogens is 417 g/mol. The predicted molar refractivity (Wildman–Crippen MR) is 109 cm³/mol. The standard InChI is InChI=1S/C17H27N5O.HI/c1-4-17(5-2)8-10-22(13-17)16(18-3)20-12-15(23)21-14-7-6-9-19-11-14;/h6-7,9,11H,4-5,8,10,12-13H2,1-3H3,(H,18,20)(H,21,23);1H. The fourth-order valence-electron chi connectivity index (χ4n) is 3.08. The molecule has 6 nitrogen and oxygen atoms in total. The molecule has 0 aliphatic carbocycles. The molecule has 134 valence electrons. The van der Waals surface area contributed by atoms with Crippen LogP contribution in [0, 0.1) is 5.41 Å². The van der Waals surface area contributed by atoms with Crippen LogP contribution in [-0.4, -0.2) is 48.4 Å². The number of carbonyl (C=O) groups excluding carboxylic acids is 1. The molecule has 0 atom stereocenters. The SMILES string of the molecule is CCC1(CC)CCN(C(=NC)NCC(=O)Nc2cccnc2)C1.I. The number of aromatic nitrogens is 1. The summed E-state index contributed by atoms with van der Waals surface area (Å²) in [6.07, 6.45) is 6.85. The summed E-state index contributed by atoms with van der Waals surface area (Å²) >= 11 is 0. The van der Waals surface area contributed by atoms with E-state index in [1.807, 2.05) is 6.07 Å². The van der Waals surface area contributed by atoms with E-state index in [9.17, 15) is 4.79 Å². The van der Waals surface area contributed by atoms with Crippen LogP contribution < -0.4 is 10.6 Å². The first-order valence-electron chi connectivity index (χ1n) is 8.28. The minimum Gasteiger partial charge on any atom is -0.347 e. The number of pyridine rings is 1. The number of hydrogen-bond acceptors (Lipinski definition) is 3. The Morgan fingerprint density at radius 1 is 1.42 bits per heavy atom. The van der Waals surface area contributed by atoms with Crippen molar-refractivity contribution in [3.8, 4) is 0 Å². The average Bonchev–Trinajstić information content (AvgIpc) is 3.01. The van der Waals surface area contributed by atoms with Crippen molar-refractivity contribution in [1.82, 2.24) is 15.2 Å². The monoisotopic (exact) mass is 445 g/mol. The number of nitrogens with one attached hydrogen (secondary N) is 2. The van der Waals surface area contributed by atoms with Crippen molar-refractivity contribution >= 4 is 41.5 Å². The summed E-state index contributed by atoms with van der Waals surface area (Å²) in [5.74, 6) is 0.700. The van der Waals surface area contributed by atoms with Crippen molar-refractivity contribution in [1.29, 1.82) is 0 Å². The van der Waals surface area contributed by atoms with Crippen molar-refractivity contribution in [2.45, 2.75) is 33.1 Å². The summed E-state index contributed by atoms with van der Waals surface area (Å²) in [5, 5.41) is 5.97. The van der Waals surface area contributed by atoms with E-state index in [0.29, 0.717) is 11.1 Å². The zero-order valence-corrected chi connectivity index (χ0v) is 17.0. The molecule has 1 aliphatic heterocycles. The molecule has 1 amide bonds. The van der Waals surface area contributed by atoms with Gasteiger partial charge in [0.05, 0.1) is 18.4 Å². The number of nitrogens with zero attached hydrogens (tertiary/aromatic N) is 3. The maximum Gasteiger partial charge on any atom is 0.243 e. The summed E-state index contributed by atoms with van der Waals surface area (Å²) in [5.41, 5.74) is 1.08. The summed E-state index contributed by atoms with van der Waals surface area (Å²) < 4.78 is 0. The first-order chi connectivity index (χ1) is 11.1. The third-order valence-corrected chi connectivity index (χ3v) is 4.80. The van der Waals surface area contributed by atoms with Crippen molar-refractivity contribution < 1.29 is 4.79 Å². The molecule has 0 spiro atoms. The second-order valence-electron chi connectivity index (χ2n) is 6.07. The molecule has 0 saturated carbocycles. The lowest BCUT2D eigenvalue weighted by Gasteiger charge is -2.27. The van der Waals surface area contributed by atoms with Crippen molar-refractivity contribution in [3.63, 3.8) is 0 Å². The Hall–Kier alpha value is -1.38. The molecule has 1 aromatic rings. The number of halogens is 1. The van der Waals surface area contributed by atoms with Gasteiger partial charge in [0.15, 0.2) is 5.96 Å². The Morgan fingerprint density at radius 3 is 2.71 bits per heavy atom. The lowest BCUT2D eigenvalue weighted by atomic mass is 9.82. The topological polar surface area (TPSA) is 69.6 Å². The van der Waals surface area contributed by atoms with Crippen LogP contribution in [-0.2, 0) is 4.79 Å². The van der Waals surface area contributed by atoms with E-state index >= 15 is 0 Å². The molecular formula is C17H28IN5O. The highest BCUT2D eigenvalue weighted by molar-refractivity contribution is 14.0. The molecule has 2 rings (SSSR count). The van der Waals surface area contributed by atoms with E-state index in [1.54, 1.807) is 25.5 Å². The third kappa shape index (κ3) is 5.32. The number of amides is 1. The molecule has 1 aromatic heterocycles. The fourth-order valence-corrected chi connectivity index (χ4v) is 3.08. The maximum atomic E-state index is 12.0. The van der Waals surface area contributed by atoms with Gasteiger partial charge in [-0.3, -0.25) is 14.8 Å². The quantitative estimate of drug-likeness (QED) is 0.416. The van der Waals surface area contributed by atoms with Crippen LogP contribution in [0.3, 0.4) is 0 Å². The van der Waals surface area contributed by atoms with E-state index < -0.39 is 0 Å². The number of anilines is 1.